The fraction of sp³-hybridized carbons (Fsp3) is 0.727. The number of rotatable bonds is 15. The lowest BCUT2D eigenvalue weighted by Crippen LogP contribution is -2.38. The van der Waals surface area contributed by atoms with Gasteiger partial charge in [0.25, 0.3) is 0 Å². The molecule has 1 rings (SSSR count). The molecular formula is C44H74O11. The number of hydrogen-bond donors (Lipinski definition) is 7. The number of aliphatic hydroxyl groups excluding tert-OH is 6. The molecule has 0 fully saturated rings. The Morgan fingerprint density at radius 1 is 0.945 bits per heavy atom. The molecular weight excluding hydrogens is 704 g/mol. The second kappa shape index (κ2) is 28.7. The second-order valence-electron chi connectivity index (χ2n) is 15.9. The number of carbonyl (C=O) groups is 2. The summed E-state index contributed by atoms with van der Waals surface area (Å²) in [6.45, 7) is 9.15. The van der Waals surface area contributed by atoms with Gasteiger partial charge >= 0.3 is 11.9 Å². The van der Waals surface area contributed by atoms with Crippen molar-refractivity contribution in [1.29, 1.82) is 0 Å². The monoisotopic (exact) mass is 779 g/mol. The Labute approximate surface area is 330 Å². The summed E-state index contributed by atoms with van der Waals surface area (Å²) in [6.07, 6.45) is 17.0. The molecule has 0 amide bonds. The standard InChI is InChI=1S/C44H74O11/c1-30(17-12-8-7-9-14-19-35(45)25-31(2)23-24-43(51)52)26-39(48)34(5)42-27-36(46)20-16-22-37(54-6)21-15-11-10-13-18-32(3)38(47)28-40(49)33(4)41(50)29-44(53)55-42/h7-11,13-15,26,31-42,45-50H,12,16-25,27-29H2,1-6H3,(H,51,52)/b8-7+,13-10+,14-9+,15-11-,30-26+/t31?,32-,33-,34+,35?,36+,37+,38-,39+,40+,41?,42-/m0/s1. The molecule has 3 unspecified atom stereocenters. The maximum atomic E-state index is 13.2. The van der Waals surface area contributed by atoms with E-state index in [4.69, 9.17) is 14.6 Å². The molecule has 7 N–H and O–H groups in total. The molecule has 0 bridgehead atoms. The van der Waals surface area contributed by atoms with Crippen molar-refractivity contribution in [2.24, 2.45) is 23.7 Å². The Kier molecular flexibility index (Phi) is 26.3. The van der Waals surface area contributed by atoms with Gasteiger partial charge in [-0.15, -0.1) is 0 Å². The van der Waals surface area contributed by atoms with Crippen LogP contribution in [-0.4, -0.2) is 104 Å². The van der Waals surface area contributed by atoms with Crippen molar-refractivity contribution < 1.29 is 54.8 Å². The SMILES string of the molecule is CO[C@@H]1C/C=C\C=C\C[C@H](C)[C@@H](O)C[C@@H](O)[C@H](C)C(O)CC(=O)O[C@H]([C@H](C)[C@H](O)/C=C(\C)CC/C=C/C=C/CC(O)CC(C)CCC(=O)O)C[C@H](O)CCC1. The highest BCUT2D eigenvalue weighted by atomic mass is 16.5. The van der Waals surface area contributed by atoms with Gasteiger partial charge in [-0.2, -0.15) is 0 Å². The van der Waals surface area contributed by atoms with Crippen molar-refractivity contribution in [1.82, 2.24) is 0 Å². The Bertz CT molecular complexity index is 1210. The van der Waals surface area contributed by atoms with Crippen LogP contribution in [0.4, 0.5) is 0 Å². The summed E-state index contributed by atoms with van der Waals surface area (Å²) in [5.74, 6) is -2.80. The predicted octanol–water partition coefficient (Wildman–Crippen LogP) is 6.35. The molecule has 1 heterocycles. The van der Waals surface area contributed by atoms with E-state index in [-0.39, 0.29) is 43.6 Å². The Morgan fingerprint density at radius 2 is 1.62 bits per heavy atom. The zero-order chi connectivity index (χ0) is 41.3. The largest absolute Gasteiger partial charge is 0.481 e. The first-order chi connectivity index (χ1) is 26.0. The molecule has 0 saturated heterocycles. The molecule has 55 heavy (non-hydrogen) atoms. The highest BCUT2D eigenvalue weighted by Gasteiger charge is 2.32. The van der Waals surface area contributed by atoms with E-state index in [9.17, 15) is 40.2 Å². The third-order valence-electron chi connectivity index (χ3n) is 10.8. The van der Waals surface area contributed by atoms with Crippen molar-refractivity contribution in [3.8, 4) is 0 Å². The molecule has 316 valence electrons. The molecule has 0 aromatic rings. The van der Waals surface area contributed by atoms with E-state index in [0.717, 1.165) is 12.0 Å². The fourth-order valence-corrected chi connectivity index (χ4v) is 6.63. The first kappa shape index (κ1) is 50.4. The van der Waals surface area contributed by atoms with Crippen LogP contribution in [0.3, 0.4) is 0 Å². The molecule has 11 heteroatoms. The zero-order valence-electron chi connectivity index (χ0n) is 34.3. The maximum Gasteiger partial charge on any atom is 0.308 e. The molecule has 0 aromatic heterocycles. The van der Waals surface area contributed by atoms with Crippen LogP contribution in [0.5, 0.6) is 0 Å². The minimum absolute atomic E-state index is 0.0290. The lowest BCUT2D eigenvalue weighted by molar-refractivity contribution is -0.158. The van der Waals surface area contributed by atoms with E-state index in [1.54, 1.807) is 27.0 Å². The van der Waals surface area contributed by atoms with E-state index in [2.05, 4.69) is 0 Å². The minimum atomic E-state index is -1.22. The third kappa shape index (κ3) is 23.3. The lowest BCUT2D eigenvalue weighted by atomic mass is 9.88. The minimum Gasteiger partial charge on any atom is -0.481 e. The second-order valence-corrected chi connectivity index (χ2v) is 15.9. The Morgan fingerprint density at radius 3 is 2.29 bits per heavy atom. The number of ether oxygens (including phenoxy) is 2. The Balaban J connectivity index is 2.93. The van der Waals surface area contributed by atoms with Gasteiger partial charge in [0.15, 0.2) is 0 Å². The van der Waals surface area contributed by atoms with Crippen LogP contribution in [0.1, 0.15) is 125 Å². The molecule has 12 atom stereocenters. The van der Waals surface area contributed by atoms with Crippen molar-refractivity contribution >= 4 is 11.9 Å². The summed E-state index contributed by atoms with van der Waals surface area (Å²) in [4.78, 5) is 23.9. The molecule has 0 saturated carbocycles. The van der Waals surface area contributed by atoms with E-state index in [0.29, 0.717) is 57.8 Å². The van der Waals surface area contributed by atoms with Gasteiger partial charge in [-0.05, 0) is 89.4 Å². The normalized spacial score (nSPS) is 31.1. The average Bonchev–Trinajstić information content (AvgIpc) is 3.12. The maximum absolute atomic E-state index is 13.2. The number of esters is 1. The summed E-state index contributed by atoms with van der Waals surface area (Å²) in [5.41, 5.74) is 0.939. The molecule has 0 aliphatic carbocycles. The van der Waals surface area contributed by atoms with Gasteiger partial charge in [-0.3, -0.25) is 9.59 Å². The van der Waals surface area contributed by atoms with Crippen molar-refractivity contribution in [3.05, 3.63) is 60.3 Å². The van der Waals surface area contributed by atoms with Crippen LogP contribution in [0.25, 0.3) is 0 Å². The molecule has 0 spiro atoms. The summed E-state index contributed by atoms with van der Waals surface area (Å²) in [5, 5.41) is 73.7. The third-order valence-corrected chi connectivity index (χ3v) is 10.8. The number of carboxylic acids is 1. The van der Waals surface area contributed by atoms with E-state index in [1.165, 1.54) is 0 Å². The van der Waals surface area contributed by atoms with Crippen LogP contribution in [0, 0.1) is 23.7 Å². The number of allylic oxidation sites excluding steroid dienone is 7. The van der Waals surface area contributed by atoms with Gasteiger partial charge in [0.1, 0.15) is 6.10 Å². The van der Waals surface area contributed by atoms with E-state index >= 15 is 0 Å². The smallest absolute Gasteiger partial charge is 0.308 e. The lowest BCUT2D eigenvalue weighted by Gasteiger charge is -2.30. The molecule has 0 radical (unpaired) electrons. The molecule has 1 aliphatic rings. The molecule has 11 nitrogen and oxygen atoms in total. The van der Waals surface area contributed by atoms with Gasteiger partial charge < -0.3 is 45.2 Å². The van der Waals surface area contributed by atoms with E-state index < -0.39 is 66.5 Å². The quantitative estimate of drug-likeness (QED) is 0.0556. The first-order valence-electron chi connectivity index (χ1n) is 20.4. The summed E-state index contributed by atoms with van der Waals surface area (Å²) < 4.78 is 11.5. The highest BCUT2D eigenvalue weighted by Crippen LogP contribution is 2.26. The Hall–Kier alpha value is -2.64. The summed E-state index contributed by atoms with van der Waals surface area (Å²) in [7, 11) is 1.66. The summed E-state index contributed by atoms with van der Waals surface area (Å²) >= 11 is 0. The van der Waals surface area contributed by atoms with Crippen molar-refractivity contribution in [2.45, 2.75) is 173 Å². The van der Waals surface area contributed by atoms with Crippen molar-refractivity contribution in [3.63, 3.8) is 0 Å². The summed E-state index contributed by atoms with van der Waals surface area (Å²) in [6, 6.07) is 0. The first-order valence-corrected chi connectivity index (χ1v) is 20.4. The number of aliphatic carboxylic acids is 1. The van der Waals surface area contributed by atoms with Gasteiger partial charge in [-0.25, -0.2) is 0 Å². The van der Waals surface area contributed by atoms with Gasteiger partial charge in [0.05, 0.1) is 49.1 Å². The predicted molar refractivity (Wildman–Crippen MR) is 216 cm³/mol. The fourth-order valence-electron chi connectivity index (χ4n) is 6.63. The van der Waals surface area contributed by atoms with Crippen LogP contribution < -0.4 is 0 Å². The van der Waals surface area contributed by atoms with Crippen LogP contribution in [0.2, 0.25) is 0 Å². The van der Waals surface area contributed by atoms with E-state index in [1.807, 2.05) is 69.4 Å². The van der Waals surface area contributed by atoms with Crippen LogP contribution in [0.15, 0.2) is 60.3 Å². The zero-order valence-corrected chi connectivity index (χ0v) is 34.3. The van der Waals surface area contributed by atoms with Crippen molar-refractivity contribution in [2.75, 3.05) is 7.11 Å². The van der Waals surface area contributed by atoms with Crippen LogP contribution in [-0.2, 0) is 19.1 Å². The average molecular weight is 779 g/mol. The number of carbonyl (C=O) groups excluding carboxylic acids is 1. The van der Waals surface area contributed by atoms with Crippen LogP contribution >= 0.6 is 0 Å². The number of aliphatic hydroxyl groups is 6. The number of methoxy groups -OCH3 is 1. The van der Waals surface area contributed by atoms with Gasteiger partial charge in [-0.1, -0.05) is 88.0 Å². The number of hydrogen-bond acceptors (Lipinski definition) is 10. The number of carboxylic acid groups (broad SMARTS) is 1. The highest BCUT2D eigenvalue weighted by molar-refractivity contribution is 5.70. The van der Waals surface area contributed by atoms with Gasteiger partial charge in [0.2, 0.25) is 0 Å². The number of cyclic esters (lactones) is 1. The van der Waals surface area contributed by atoms with Gasteiger partial charge in [0, 0.05) is 31.8 Å². The topological polar surface area (TPSA) is 194 Å². The molecule has 0 aromatic carbocycles. The molecule has 1 aliphatic heterocycles.